The molecule has 0 heterocycles. The van der Waals surface area contributed by atoms with Gasteiger partial charge in [0.05, 0.1) is 11.3 Å². The number of carboxylic acid groups (broad SMARTS) is 1. The summed E-state index contributed by atoms with van der Waals surface area (Å²) >= 11 is 0. The Kier molecular flexibility index (Phi) is 4.23. The molecule has 1 aromatic carbocycles. The number of carbonyl (C=O) groups is 1. The fourth-order valence-corrected chi connectivity index (χ4v) is 0.964. The highest BCUT2D eigenvalue weighted by Gasteiger charge is 2.07. The van der Waals surface area contributed by atoms with Crippen molar-refractivity contribution in [3.8, 4) is 0 Å². The van der Waals surface area contributed by atoms with E-state index in [0.717, 1.165) is 5.56 Å². The molecule has 0 aliphatic heterocycles. The first-order chi connectivity index (χ1) is 5.65. The van der Waals surface area contributed by atoms with Crippen LogP contribution in [-0.4, -0.2) is 11.1 Å². The van der Waals surface area contributed by atoms with Crippen molar-refractivity contribution >= 4 is 24.1 Å². The molecule has 0 bridgehead atoms. The average Bonchev–Trinajstić information content (AvgIpc) is 2.03. The molecule has 0 saturated carbocycles. The highest BCUT2D eigenvalue weighted by atomic mass is 35.5. The van der Waals surface area contributed by atoms with Crippen molar-refractivity contribution in [2.24, 2.45) is 5.84 Å². The Morgan fingerprint density at radius 3 is 2.62 bits per heavy atom. The van der Waals surface area contributed by atoms with Gasteiger partial charge in [-0.15, -0.1) is 12.4 Å². The number of halogens is 1. The molecule has 0 spiro atoms. The predicted octanol–water partition coefficient (Wildman–Crippen LogP) is 1.40. The fourth-order valence-electron chi connectivity index (χ4n) is 0.964. The number of hydrogen-bond acceptors (Lipinski definition) is 3. The number of benzene rings is 1. The van der Waals surface area contributed by atoms with E-state index in [2.05, 4.69) is 5.43 Å². The minimum Gasteiger partial charge on any atom is -0.478 e. The molecule has 0 aliphatic carbocycles. The van der Waals surface area contributed by atoms with Gasteiger partial charge in [-0.2, -0.15) is 0 Å². The summed E-state index contributed by atoms with van der Waals surface area (Å²) < 4.78 is 0. The molecule has 4 N–H and O–H groups in total. The van der Waals surface area contributed by atoms with Gasteiger partial charge in [-0.25, -0.2) is 4.79 Å². The van der Waals surface area contributed by atoms with Gasteiger partial charge < -0.3 is 10.5 Å². The monoisotopic (exact) mass is 202 g/mol. The molecule has 0 radical (unpaired) electrons. The van der Waals surface area contributed by atoms with Gasteiger partial charge in [-0.1, -0.05) is 6.07 Å². The summed E-state index contributed by atoms with van der Waals surface area (Å²) in [5.41, 5.74) is 3.92. The lowest BCUT2D eigenvalue weighted by Crippen LogP contribution is -2.11. The van der Waals surface area contributed by atoms with Crippen LogP contribution < -0.4 is 11.3 Å². The largest absolute Gasteiger partial charge is 0.478 e. The molecule has 0 aromatic heterocycles. The number of hydrazine groups is 1. The van der Waals surface area contributed by atoms with Gasteiger partial charge in [0.1, 0.15) is 0 Å². The van der Waals surface area contributed by atoms with Gasteiger partial charge >= 0.3 is 5.97 Å². The molecule has 0 fully saturated rings. The Bertz CT molecular complexity index is 315. The molecular formula is C8H11ClN2O2. The van der Waals surface area contributed by atoms with Crippen LogP contribution >= 0.6 is 12.4 Å². The third kappa shape index (κ3) is 2.61. The molecule has 4 nitrogen and oxygen atoms in total. The van der Waals surface area contributed by atoms with Crippen LogP contribution in [0.15, 0.2) is 18.2 Å². The minimum atomic E-state index is -0.983. The van der Waals surface area contributed by atoms with Crippen LogP contribution in [0.2, 0.25) is 0 Å². The van der Waals surface area contributed by atoms with Gasteiger partial charge in [-0.05, 0) is 24.6 Å². The van der Waals surface area contributed by atoms with Crippen molar-refractivity contribution < 1.29 is 9.90 Å². The van der Waals surface area contributed by atoms with E-state index < -0.39 is 5.97 Å². The van der Waals surface area contributed by atoms with Crippen LogP contribution in [0.1, 0.15) is 15.9 Å². The number of carboxylic acids is 1. The third-order valence-electron chi connectivity index (χ3n) is 1.56. The quantitative estimate of drug-likeness (QED) is 0.501. The van der Waals surface area contributed by atoms with E-state index in [0.29, 0.717) is 5.69 Å². The topological polar surface area (TPSA) is 75.3 Å². The Balaban J connectivity index is 0.00000144. The van der Waals surface area contributed by atoms with E-state index in [1.54, 1.807) is 12.1 Å². The number of hydrogen-bond donors (Lipinski definition) is 3. The number of rotatable bonds is 2. The standard InChI is InChI=1S/C8H10N2O2.ClH/c1-5-2-3-6(8(11)12)7(4-5)10-9;/h2-4,10H,9H2,1H3,(H,11,12);1H. The first-order valence-electron chi connectivity index (χ1n) is 3.45. The SMILES string of the molecule is Cc1ccc(C(=O)O)c(NN)c1.Cl. The summed E-state index contributed by atoms with van der Waals surface area (Å²) in [5, 5.41) is 8.69. The highest BCUT2D eigenvalue weighted by Crippen LogP contribution is 2.15. The van der Waals surface area contributed by atoms with E-state index in [4.69, 9.17) is 10.9 Å². The second kappa shape index (κ2) is 4.69. The van der Waals surface area contributed by atoms with E-state index in [1.165, 1.54) is 6.07 Å². The first kappa shape index (κ1) is 11.7. The summed E-state index contributed by atoms with van der Waals surface area (Å²) in [7, 11) is 0. The summed E-state index contributed by atoms with van der Waals surface area (Å²) in [6, 6.07) is 4.93. The second-order valence-corrected chi connectivity index (χ2v) is 2.50. The molecule has 72 valence electrons. The molecule has 1 rings (SSSR count). The molecule has 0 amide bonds. The zero-order valence-corrected chi connectivity index (χ0v) is 7.89. The van der Waals surface area contributed by atoms with Gasteiger partial charge in [0.2, 0.25) is 0 Å². The second-order valence-electron chi connectivity index (χ2n) is 2.50. The summed E-state index contributed by atoms with van der Waals surface area (Å²) in [4.78, 5) is 10.6. The number of aromatic carboxylic acids is 1. The van der Waals surface area contributed by atoms with Crippen LogP contribution in [0.3, 0.4) is 0 Å². The lowest BCUT2D eigenvalue weighted by atomic mass is 10.1. The van der Waals surface area contributed by atoms with Gasteiger partial charge in [0, 0.05) is 0 Å². The van der Waals surface area contributed by atoms with Crippen molar-refractivity contribution in [1.82, 2.24) is 0 Å². The Labute approximate surface area is 82.1 Å². The van der Waals surface area contributed by atoms with Crippen molar-refractivity contribution in [1.29, 1.82) is 0 Å². The zero-order chi connectivity index (χ0) is 9.14. The smallest absolute Gasteiger partial charge is 0.337 e. The molecule has 0 unspecified atom stereocenters. The maximum absolute atomic E-state index is 10.6. The highest BCUT2D eigenvalue weighted by molar-refractivity contribution is 5.94. The summed E-state index contributed by atoms with van der Waals surface area (Å²) in [6.07, 6.45) is 0. The van der Waals surface area contributed by atoms with Crippen LogP contribution in [0.25, 0.3) is 0 Å². The normalized spacial score (nSPS) is 8.77. The Morgan fingerprint density at radius 1 is 1.54 bits per heavy atom. The lowest BCUT2D eigenvalue weighted by Gasteiger charge is -2.04. The maximum Gasteiger partial charge on any atom is 0.337 e. The number of nitrogens with one attached hydrogen (secondary N) is 1. The number of nitrogens with two attached hydrogens (primary N) is 1. The lowest BCUT2D eigenvalue weighted by molar-refractivity contribution is 0.0698. The fraction of sp³-hybridized carbons (Fsp3) is 0.125. The molecule has 1 aromatic rings. The molecule has 5 heteroatoms. The number of nitrogen functional groups attached to an aromatic ring is 1. The van der Waals surface area contributed by atoms with E-state index in [1.807, 2.05) is 6.92 Å². The van der Waals surface area contributed by atoms with Crippen molar-refractivity contribution in [3.05, 3.63) is 29.3 Å². The van der Waals surface area contributed by atoms with Crippen LogP contribution in [-0.2, 0) is 0 Å². The van der Waals surface area contributed by atoms with E-state index in [-0.39, 0.29) is 18.0 Å². The average molecular weight is 203 g/mol. The van der Waals surface area contributed by atoms with Crippen molar-refractivity contribution in [2.45, 2.75) is 6.92 Å². The molecule has 0 saturated heterocycles. The number of aryl methyl sites for hydroxylation is 1. The molecule has 13 heavy (non-hydrogen) atoms. The van der Waals surface area contributed by atoms with Gasteiger partial charge in [0.25, 0.3) is 0 Å². The predicted molar refractivity (Wildman–Crippen MR) is 53.2 cm³/mol. The summed E-state index contributed by atoms with van der Waals surface area (Å²) in [6.45, 7) is 1.87. The minimum absolute atomic E-state index is 0. The maximum atomic E-state index is 10.6. The van der Waals surface area contributed by atoms with E-state index in [9.17, 15) is 4.79 Å². The van der Waals surface area contributed by atoms with Crippen molar-refractivity contribution in [2.75, 3.05) is 5.43 Å². The van der Waals surface area contributed by atoms with Crippen molar-refractivity contribution in [3.63, 3.8) is 0 Å². The van der Waals surface area contributed by atoms with Gasteiger partial charge in [0.15, 0.2) is 0 Å². The number of anilines is 1. The summed E-state index contributed by atoms with van der Waals surface area (Å²) in [5.74, 6) is 4.16. The van der Waals surface area contributed by atoms with Crippen LogP contribution in [0.5, 0.6) is 0 Å². The zero-order valence-electron chi connectivity index (χ0n) is 7.07. The molecular weight excluding hydrogens is 192 g/mol. The molecule has 0 aliphatic rings. The van der Waals surface area contributed by atoms with Crippen LogP contribution in [0.4, 0.5) is 5.69 Å². The van der Waals surface area contributed by atoms with Gasteiger partial charge in [-0.3, -0.25) is 5.84 Å². The Morgan fingerprint density at radius 2 is 2.15 bits per heavy atom. The van der Waals surface area contributed by atoms with E-state index >= 15 is 0 Å². The first-order valence-corrected chi connectivity index (χ1v) is 3.45. The third-order valence-corrected chi connectivity index (χ3v) is 1.56. The Hall–Kier alpha value is -1.26. The van der Waals surface area contributed by atoms with Crippen LogP contribution in [0, 0.1) is 6.92 Å². The molecule has 0 atom stereocenters.